The summed E-state index contributed by atoms with van der Waals surface area (Å²) in [7, 11) is 0. The van der Waals surface area contributed by atoms with Crippen LogP contribution < -0.4 is 10.1 Å². The molecule has 0 aliphatic carbocycles. The third-order valence-corrected chi connectivity index (χ3v) is 4.22. The van der Waals surface area contributed by atoms with Crippen LogP contribution in [0.1, 0.15) is 26.3 Å². The number of nitrogens with zero attached hydrogens (tertiary/aromatic N) is 1. The van der Waals surface area contributed by atoms with E-state index in [-0.39, 0.29) is 24.5 Å². The van der Waals surface area contributed by atoms with Gasteiger partial charge in [0.1, 0.15) is 11.8 Å². The zero-order valence-corrected chi connectivity index (χ0v) is 16.6. The highest BCUT2D eigenvalue weighted by atomic mass is 35.5. The summed E-state index contributed by atoms with van der Waals surface area (Å²) in [4.78, 5) is 26.8. The van der Waals surface area contributed by atoms with Gasteiger partial charge in [-0.2, -0.15) is 0 Å². The Bertz CT molecular complexity index is 748. The predicted octanol–water partition coefficient (Wildman–Crippen LogP) is 3.66. The van der Waals surface area contributed by atoms with Crippen LogP contribution in [-0.2, 0) is 16.1 Å². The molecular weight excluding hydrogens is 364 g/mol. The molecule has 1 N–H and O–H groups in total. The van der Waals surface area contributed by atoms with E-state index in [1.807, 2.05) is 44.2 Å². The van der Waals surface area contributed by atoms with E-state index in [1.54, 1.807) is 31.2 Å². The van der Waals surface area contributed by atoms with Crippen LogP contribution in [0.15, 0.2) is 54.6 Å². The topological polar surface area (TPSA) is 58.6 Å². The molecule has 144 valence electrons. The number of nitrogens with one attached hydrogen (secondary N) is 1. The first-order valence-electron chi connectivity index (χ1n) is 8.89. The lowest BCUT2D eigenvalue weighted by atomic mass is 10.1. The Kier molecular flexibility index (Phi) is 7.67. The molecule has 2 aromatic carbocycles. The number of carbonyl (C=O) groups is 2. The Balaban J connectivity index is 2.10. The molecule has 27 heavy (non-hydrogen) atoms. The van der Waals surface area contributed by atoms with Gasteiger partial charge < -0.3 is 15.0 Å². The van der Waals surface area contributed by atoms with Crippen LogP contribution in [0.3, 0.4) is 0 Å². The molecule has 1 atom stereocenters. The van der Waals surface area contributed by atoms with E-state index < -0.39 is 6.04 Å². The maximum atomic E-state index is 12.8. The third kappa shape index (κ3) is 6.61. The molecule has 0 heterocycles. The second-order valence-electron chi connectivity index (χ2n) is 6.59. The van der Waals surface area contributed by atoms with E-state index in [9.17, 15) is 9.59 Å². The van der Waals surface area contributed by atoms with Gasteiger partial charge in [-0.05, 0) is 50.6 Å². The lowest BCUT2D eigenvalue weighted by molar-refractivity contribution is -0.142. The van der Waals surface area contributed by atoms with Crippen molar-refractivity contribution in [3.05, 3.63) is 65.2 Å². The Morgan fingerprint density at radius 1 is 1.04 bits per heavy atom. The van der Waals surface area contributed by atoms with Gasteiger partial charge in [-0.3, -0.25) is 9.59 Å². The van der Waals surface area contributed by atoms with Crippen molar-refractivity contribution in [1.29, 1.82) is 0 Å². The summed E-state index contributed by atoms with van der Waals surface area (Å²) in [6.07, 6.45) is 0. The van der Waals surface area contributed by atoms with Gasteiger partial charge in [-0.15, -0.1) is 0 Å². The minimum atomic E-state index is -0.617. The van der Waals surface area contributed by atoms with E-state index in [1.165, 1.54) is 4.90 Å². The fourth-order valence-corrected chi connectivity index (χ4v) is 2.65. The lowest BCUT2D eigenvalue weighted by Gasteiger charge is -2.29. The molecule has 2 amide bonds. The van der Waals surface area contributed by atoms with Gasteiger partial charge >= 0.3 is 0 Å². The number of ether oxygens (including phenoxy) is 1. The molecule has 0 saturated carbocycles. The molecule has 0 aliphatic rings. The molecule has 0 spiro atoms. The second kappa shape index (κ2) is 9.97. The smallest absolute Gasteiger partial charge is 0.261 e. The minimum Gasteiger partial charge on any atom is -0.484 e. The van der Waals surface area contributed by atoms with Gasteiger partial charge in [0.15, 0.2) is 6.61 Å². The molecular formula is C21H25ClN2O3. The molecule has 0 radical (unpaired) electrons. The zero-order valence-electron chi connectivity index (χ0n) is 15.8. The molecule has 2 aromatic rings. The molecule has 1 unspecified atom stereocenters. The second-order valence-corrected chi connectivity index (χ2v) is 7.03. The average molecular weight is 389 g/mol. The highest BCUT2D eigenvalue weighted by molar-refractivity contribution is 6.30. The molecule has 6 heteroatoms. The molecule has 0 fully saturated rings. The summed E-state index contributed by atoms with van der Waals surface area (Å²) >= 11 is 5.86. The van der Waals surface area contributed by atoms with Crippen LogP contribution in [0.5, 0.6) is 5.75 Å². The monoisotopic (exact) mass is 388 g/mol. The number of benzene rings is 2. The number of halogens is 1. The van der Waals surface area contributed by atoms with Crippen molar-refractivity contribution < 1.29 is 14.3 Å². The van der Waals surface area contributed by atoms with Gasteiger partial charge in [0.2, 0.25) is 5.91 Å². The predicted molar refractivity (Wildman–Crippen MR) is 107 cm³/mol. The van der Waals surface area contributed by atoms with Crippen LogP contribution >= 0.6 is 11.6 Å². The van der Waals surface area contributed by atoms with E-state index in [2.05, 4.69) is 5.32 Å². The Morgan fingerprint density at radius 2 is 1.67 bits per heavy atom. The molecule has 0 saturated heterocycles. The highest BCUT2D eigenvalue weighted by Crippen LogP contribution is 2.16. The quantitative estimate of drug-likeness (QED) is 0.750. The zero-order chi connectivity index (χ0) is 19.8. The van der Waals surface area contributed by atoms with Crippen LogP contribution in [0.4, 0.5) is 0 Å². The Labute approximate surface area is 165 Å². The van der Waals surface area contributed by atoms with E-state index >= 15 is 0 Å². The average Bonchev–Trinajstić information content (AvgIpc) is 2.65. The van der Waals surface area contributed by atoms with E-state index in [4.69, 9.17) is 16.3 Å². The molecule has 0 bridgehead atoms. The van der Waals surface area contributed by atoms with Gasteiger partial charge in [-0.1, -0.05) is 41.9 Å². The van der Waals surface area contributed by atoms with Crippen molar-refractivity contribution in [1.82, 2.24) is 10.2 Å². The molecule has 0 aliphatic heterocycles. The standard InChI is InChI=1S/C21H25ClN2O3/c1-15(2)23-21(26)16(3)24(13-17-7-5-4-6-8-17)20(25)14-27-19-11-9-18(22)10-12-19/h4-12,15-16H,13-14H2,1-3H3,(H,23,26). The molecule has 2 rings (SSSR count). The van der Waals surface area contributed by atoms with Gasteiger partial charge in [-0.25, -0.2) is 0 Å². The summed E-state index contributed by atoms with van der Waals surface area (Å²) in [5.41, 5.74) is 0.946. The lowest BCUT2D eigenvalue weighted by Crippen LogP contribution is -2.50. The van der Waals surface area contributed by atoms with Crippen molar-refractivity contribution in [2.75, 3.05) is 6.61 Å². The fourth-order valence-electron chi connectivity index (χ4n) is 2.53. The minimum absolute atomic E-state index is 0.000977. The summed E-state index contributed by atoms with van der Waals surface area (Å²) < 4.78 is 5.57. The molecule has 5 nitrogen and oxygen atoms in total. The van der Waals surface area contributed by atoms with Crippen molar-refractivity contribution in [3.8, 4) is 5.75 Å². The maximum Gasteiger partial charge on any atom is 0.261 e. The van der Waals surface area contributed by atoms with Crippen molar-refractivity contribution >= 4 is 23.4 Å². The first-order chi connectivity index (χ1) is 12.9. The first-order valence-corrected chi connectivity index (χ1v) is 9.26. The van der Waals surface area contributed by atoms with Crippen LogP contribution in [0, 0.1) is 0 Å². The number of hydrogen-bond acceptors (Lipinski definition) is 3. The van der Waals surface area contributed by atoms with Crippen LogP contribution in [0.2, 0.25) is 5.02 Å². The van der Waals surface area contributed by atoms with Crippen LogP contribution in [-0.4, -0.2) is 35.4 Å². The highest BCUT2D eigenvalue weighted by Gasteiger charge is 2.26. The Hall–Kier alpha value is -2.53. The summed E-state index contributed by atoms with van der Waals surface area (Å²) in [6.45, 7) is 5.67. The molecule has 0 aromatic heterocycles. The van der Waals surface area contributed by atoms with E-state index in [0.717, 1.165) is 5.56 Å². The van der Waals surface area contributed by atoms with Crippen molar-refractivity contribution in [3.63, 3.8) is 0 Å². The summed E-state index contributed by atoms with van der Waals surface area (Å²) in [6, 6.07) is 15.7. The van der Waals surface area contributed by atoms with E-state index in [0.29, 0.717) is 17.3 Å². The normalized spacial score (nSPS) is 11.7. The van der Waals surface area contributed by atoms with Gasteiger partial charge in [0, 0.05) is 17.6 Å². The van der Waals surface area contributed by atoms with Crippen molar-refractivity contribution in [2.24, 2.45) is 0 Å². The number of rotatable bonds is 8. The number of hydrogen-bond donors (Lipinski definition) is 1. The van der Waals surface area contributed by atoms with Gasteiger partial charge in [0.25, 0.3) is 5.91 Å². The first kappa shape index (κ1) is 20.8. The largest absolute Gasteiger partial charge is 0.484 e. The number of amides is 2. The van der Waals surface area contributed by atoms with Crippen molar-refractivity contribution in [2.45, 2.75) is 39.4 Å². The van der Waals surface area contributed by atoms with Crippen LogP contribution in [0.25, 0.3) is 0 Å². The maximum absolute atomic E-state index is 12.8. The van der Waals surface area contributed by atoms with Gasteiger partial charge in [0.05, 0.1) is 0 Å². The Morgan fingerprint density at radius 3 is 2.26 bits per heavy atom. The summed E-state index contributed by atoms with van der Waals surface area (Å²) in [5.74, 6) is 0.0904. The third-order valence-electron chi connectivity index (χ3n) is 3.97. The summed E-state index contributed by atoms with van der Waals surface area (Å²) in [5, 5.41) is 3.45. The SMILES string of the molecule is CC(C)NC(=O)C(C)N(Cc1ccccc1)C(=O)COc1ccc(Cl)cc1. The number of carbonyl (C=O) groups excluding carboxylic acids is 2. The fraction of sp³-hybridized carbons (Fsp3) is 0.333.